The van der Waals surface area contributed by atoms with Crippen LogP contribution in [0.5, 0.6) is 5.75 Å². The first-order valence-corrected chi connectivity index (χ1v) is 10.4. The lowest BCUT2D eigenvalue weighted by atomic mass is 9.99. The Bertz CT molecular complexity index is 1510. The number of H-pyrrole nitrogens is 1. The van der Waals surface area contributed by atoms with Gasteiger partial charge in [-0.2, -0.15) is 5.10 Å². The normalized spacial score (nSPS) is 15.5. The maximum Gasteiger partial charge on any atom is 0.312 e. The highest BCUT2D eigenvalue weighted by atomic mass is 19.1. The molecule has 1 amide bonds. The van der Waals surface area contributed by atoms with Crippen molar-refractivity contribution >= 4 is 11.4 Å². The van der Waals surface area contributed by atoms with Gasteiger partial charge in [-0.3, -0.25) is 4.79 Å². The Balaban J connectivity index is 1.37. The number of amides is 1. The Hall–Kier alpha value is -4.61. The summed E-state index contributed by atoms with van der Waals surface area (Å²) in [4.78, 5) is 26.8. The van der Waals surface area contributed by atoms with Crippen LogP contribution >= 0.6 is 0 Å². The highest BCUT2D eigenvalue weighted by molar-refractivity contribution is 5.90. The molecule has 0 aromatic carbocycles. The number of fused-ring (bicyclic) bond motifs is 2. The number of nitrogens with one attached hydrogen (secondary N) is 1. The van der Waals surface area contributed by atoms with Crippen molar-refractivity contribution in [2.24, 2.45) is 0 Å². The number of pyridine rings is 2. The van der Waals surface area contributed by atoms with Gasteiger partial charge in [-0.05, 0) is 30.3 Å². The second-order valence-corrected chi connectivity index (χ2v) is 7.67. The van der Waals surface area contributed by atoms with Crippen LogP contribution in [0.4, 0.5) is 4.39 Å². The first kappa shape index (κ1) is 20.0. The zero-order valence-electron chi connectivity index (χ0n) is 17.8. The summed E-state index contributed by atoms with van der Waals surface area (Å²) >= 11 is 0. The van der Waals surface area contributed by atoms with E-state index in [2.05, 4.69) is 30.2 Å². The van der Waals surface area contributed by atoms with E-state index in [4.69, 9.17) is 9.15 Å². The van der Waals surface area contributed by atoms with Gasteiger partial charge in [0.05, 0.1) is 31.0 Å². The number of hydrogen-bond acceptors (Lipinski definition) is 8. The molecule has 0 saturated carbocycles. The Morgan fingerprint density at radius 3 is 2.97 bits per heavy atom. The number of imidazole rings is 1. The van der Waals surface area contributed by atoms with Crippen molar-refractivity contribution in [3.63, 3.8) is 0 Å². The maximum absolute atomic E-state index is 14.3. The lowest BCUT2D eigenvalue weighted by Crippen LogP contribution is -2.41. The number of methoxy groups -OCH3 is 1. The van der Waals surface area contributed by atoms with Gasteiger partial charge in [-0.1, -0.05) is 0 Å². The van der Waals surface area contributed by atoms with Crippen LogP contribution in [0.1, 0.15) is 33.8 Å². The van der Waals surface area contributed by atoms with Gasteiger partial charge >= 0.3 is 11.8 Å². The number of rotatable bonds is 4. The number of carbonyl (C=O) groups is 1. The van der Waals surface area contributed by atoms with Gasteiger partial charge in [0.1, 0.15) is 28.8 Å². The molecule has 11 nitrogen and oxygen atoms in total. The molecule has 5 aromatic rings. The molecule has 0 bridgehead atoms. The topological polar surface area (TPSA) is 127 Å². The predicted octanol–water partition coefficient (Wildman–Crippen LogP) is 2.44. The highest BCUT2D eigenvalue weighted by Crippen LogP contribution is 2.34. The van der Waals surface area contributed by atoms with Crippen LogP contribution in [0, 0.1) is 5.82 Å². The van der Waals surface area contributed by atoms with Crippen LogP contribution in [0.3, 0.4) is 0 Å². The average molecular weight is 460 g/mol. The minimum absolute atomic E-state index is 0.106. The fourth-order valence-corrected chi connectivity index (χ4v) is 4.09. The SMILES string of the molecule is COc1ccc(-c2nnc(C(=O)N3CCc4[nH]cnc4[C@H]3c3cc4c(F)cccn4n3)o2)nc1. The van der Waals surface area contributed by atoms with E-state index < -0.39 is 17.8 Å². The Morgan fingerprint density at radius 2 is 2.18 bits per heavy atom. The van der Waals surface area contributed by atoms with E-state index in [0.717, 1.165) is 5.69 Å². The summed E-state index contributed by atoms with van der Waals surface area (Å²) in [6, 6.07) is 7.25. The van der Waals surface area contributed by atoms with E-state index >= 15 is 0 Å². The molecular formula is C22H17FN8O3. The van der Waals surface area contributed by atoms with Crippen molar-refractivity contribution < 1.29 is 18.3 Å². The number of halogens is 1. The second-order valence-electron chi connectivity index (χ2n) is 7.67. The van der Waals surface area contributed by atoms with Crippen molar-refractivity contribution in [3.8, 4) is 17.3 Å². The van der Waals surface area contributed by atoms with Crippen molar-refractivity contribution in [3.05, 3.63) is 77.8 Å². The van der Waals surface area contributed by atoms with E-state index in [1.54, 1.807) is 41.7 Å². The Labute approximate surface area is 191 Å². The zero-order chi connectivity index (χ0) is 23.2. The van der Waals surface area contributed by atoms with Crippen LogP contribution in [0.15, 0.2) is 53.5 Å². The summed E-state index contributed by atoms with van der Waals surface area (Å²) in [6.45, 7) is 0.355. The lowest BCUT2D eigenvalue weighted by molar-refractivity contribution is 0.0646. The largest absolute Gasteiger partial charge is 0.495 e. The van der Waals surface area contributed by atoms with Crippen LogP contribution in [0.25, 0.3) is 17.1 Å². The van der Waals surface area contributed by atoms with E-state index in [1.165, 1.54) is 23.9 Å². The van der Waals surface area contributed by atoms with Gasteiger partial charge in [0.25, 0.3) is 5.89 Å². The number of ether oxygens (including phenoxy) is 1. The molecule has 1 N–H and O–H groups in total. The van der Waals surface area contributed by atoms with Gasteiger partial charge in [-0.15, -0.1) is 10.2 Å². The standard InChI is InChI=1S/C22H17FN8O3/c1-33-12-4-5-15(24-10-12)20-27-28-21(34-20)22(32)30-8-6-14-18(26-11-25-14)19(30)16-9-17-13(23)3-2-7-31(17)29-16/h2-5,7,9-11,19H,6,8H2,1H3,(H,25,26)/t19-/m1/s1. The molecule has 12 heteroatoms. The molecule has 0 unspecified atom stereocenters. The van der Waals surface area contributed by atoms with Crippen LogP contribution in [0.2, 0.25) is 0 Å². The van der Waals surface area contributed by atoms with E-state index in [-0.39, 0.29) is 11.8 Å². The molecule has 170 valence electrons. The summed E-state index contributed by atoms with van der Waals surface area (Å²) in [5.41, 5.74) is 2.72. The molecule has 0 saturated heterocycles. The second kappa shape index (κ2) is 7.76. The number of aromatic amines is 1. The van der Waals surface area contributed by atoms with Crippen LogP contribution in [-0.2, 0) is 6.42 Å². The summed E-state index contributed by atoms with van der Waals surface area (Å²) < 4.78 is 26.5. The fraction of sp³-hybridized carbons (Fsp3) is 0.182. The summed E-state index contributed by atoms with van der Waals surface area (Å²) in [5.74, 6) is -0.398. The van der Waals surface area contributed by atoms with E-state index in [1.807, 2.05) is 0 Å². The summed E-state index contributed by atoms with van der Waals surface area (Å²) in [7, 11) is 1.54. The molecular weight excluding hydrogens is 443 g/mol. The summed E-state index contributed by atoms with van der Waals surface area (Å²) in [6.07, 6.45) is 5.29. The lowest BCUT2D eigenvalue weighted by Gasteiger charge is -2.32. The van der Waals surface area contributed by atoms with Gasteiger partial charge in [0, 0.05) is 24.9 Å². The molecule has 0 aliphatic carbocycles. The highest BCUT2D eigenvalue weighted by Gasteiger charge is 2.38. The molecule has 0 spiro atoms. The Morgan fingerprint density at radius 1 is 1.26 bits per heavy atom. The monoisotopic (exact) mass is 460 g/mol. The third kappa shape index (κ3) is 3.18. The van der Waals surface area contributed by atoms with Crippen LogP contribution < -0.4 is 4.74 Å². The van der Waals surface area contributed by atoms with E-state index in [9.17, 15) is 9.18 Å². The molecule has 1 aliphatic heterocycles. The van der Waals surface area contributed by atoms with Crippen LogP contribution in [-0.4, -0.2) is 59.2 Å². The molecule has 5 aromatic heterocycles. The number of nitrogens with zero attached hydrogens (tertiary/aromatic N) is 7. The quantitative estimate of drug-likeness (QED) is 0.433. The predicted molar refractivity (Wildman–Crippen MR) is 114 cm³/mol. The van der Waals surface area contributed by atoms with Gasteiger partial charge in [-0.25, -0.2) is 18.9 Å². The summed E-state index contributed by atoms with van der Waals surface area (Å²) in [5, 5.41) is 12.4. The first-order valence-electron chi connectivity index (χ1n) is 10.4. The average Bonchev–Trinajstić information content (AvgIpc) is 3.62. The zero-order valence-corrected chi connectivity index (χ0v) is 17.8. The molecule has 1 aliphatic rings. The minimum Gasteiger partial charge on any atom is -0.495 e. The smallest absolute Gasteiger partial charge is 0.312 e. The van der Waals surface area contributed by atoms with Crippen molar-refractivity contribution in [1.29, 1.82) is 0 Å². The molecule has 6 rings (SSSR count). The maximum atomic E-state index is 14.3. The number of aromatic nitrogens is 7. The number of hydrogen-bond donors (Lipinski definition) is 1. The molecule has 34 heavy (non-hydrogen) atoms. The van der Waals surface area contributed by atoms with Crippen molar-refractivity contribution in [2.75, 3.05) is 13.7 Å². The number of carbonyl (C=O) groups excluding carboxylic acids is 1. The third-order valence-electron chi connectivity index (χ3n) is 5.73. The Kier molecular flexibility index (Phi) is 4.57. The van der Waals surface area contributed by atoms with E-state index in [0.29, 0.717) is 41.3 Å². The van der Waals surface area contributed by atoms with Gasteiger partial charge in [0.2, 0.25) is 0 Å². The molecule has 0 radical (unpaired) electrons. The first-order chi connectivity index (χ1) is 16.6. The van der Waals surface area contributed by atoms with Gasteiger partial charge < -0.3 is 19.0 Å². The fourth-order valence-electron chi connectivity index (χ4n) is 4.09. The van der Waals surface area contributed by atoms with Crippen molar-refractivity contribution in [2.45, 2.75) is 12.5 Å². The van der Waals surface area contributed by atoms with Gasteiger partial charge in [0.15, 0.2) is 0 Å². The molecule has 1 atom stereocenters. The molecule has 0 fully saturated rings. The third-order valence-corrected chi connectivity index (χ3v) is 5.73. The molecule has 6 heterocycles. The minimum atomic E-state index is -0.656. The van der Waals surface area contributed by atoms with Crippen molar-refractivity contribution in [1.82, 2.24) is 39.7 Å².